The molecule has 0 aliphatic rings. The molecule has 0 bridgehead atoms. The van der Waals surface area contributed by atoms with Gasteiger partial charge in [-0.25, -0.2) is 0 Å². The Bertz CT molecular complexity index is 351. The van der Waals surface area contributed by atoms with Crippen LogP contribution in [0.15, 0.2) is 30.3 Å². The standard InChI is InChI=1S/C15H23NO/c1-12(16-14(17)15(2,3)4)10-11-13-8-6-5-7-9-13/h5-9,12H,10-11H2,1-4H3,(H,16,17)/t12-/m0/s1. The van der Waals surface area contributed by atoms with Gasteiger partial charge in [-0.1, -0.05) is 51.1 Å². The highest BCUT2D eigenvalue weighted by Crippen LogP contribution is 2.13. The molecule has 1 amide bonds. The Morgan fingerprint density at radius 2 is 1.82 bits per heavy atom. The monoisotopic (exact) mass is 233 g/mol. The number of nitrogens with one attached hydrogen (secondary N) is 1. The summed E-state index contributed by atoms with van der Waals surface area (Å²) in [6.45, 7) is 7.87. The number of carbonyl (C=O) groups is 1. The quantitative estimate of drug-likeness (QED) is 0.850. The summed E-state index contributed by atoms with van der Waals surface area (Å²) in [5.41, 5.74) is 1.02. The minimum absolute atomic E-state index is 0.123. The van der Waals surface area contributed by atoms with Crippen LogP contribution in [-0.2, 0) is 11.2 Å². The Morgan fingerprint density at radius 3 is 2.35 bits per heavy atom. The highest BCUT2D eigenvalue weighted by molar-refractivity contribution is 5.81. The zero-order valence-electron chi connectivity index (χ0n) is 11.3. The molecule has 0 fully saturated rings. The minimum Gasteiger partial charge on any atom is -0.353 e. The maximum absolute atomic E-state index is 11.8. The molecule has 1 aromatic carbocycles. The van der Waals surface area contributed by atoms with Crippen LogP contribution in [0.4, 0.5) is 0 Å². The molecule has 94 valence electrons. The first-order chi connectivity index (χ1) is 7.89. The Hall–Kier alpha value is -1.31. The lowest BCUT2D eigenvalue weighted by Crippen LogP contribution is -2.40. The molecule has 0 unspecified atom stereocenters. The Kier molecular flexibility index (Phi) is 4.73. The fourth-order valence-corrected chi connectivity index (χ4v) is 1.54. The molecule has 1 N–H and O–H groups in total. The van der Waals surface area contributed by atoms with Crippen molar-refractivity contribution in [1.29, 1.82) is 0 Å². The van der Waals surface area contributed by atoms with Gasteiger partial charge in [0.1, 0.15) is 0 Å². The fraction of sp³-hybridized carbons (Fsp3) is 0.533. The van der Waals surface area contributed by atoms with Gasteiger partial charge in [0.15, 0.2) is 0 Å². The summed E-state index contributed by atoms with van der Waals surface area (Å²) in [7, 11) is 0. The summed E-state index contributed by atoms with van der Waals surface area (Å²) in [5, 5.41) is 3.05. The molecule has 0 aliphatic carbocycles. The van der Waals surface area contributed by atoms with E-state index in [1.54, 1.807) is 0 Å². The van der Waals surface area contributed by atoms with Crippen molar-refractivity contribution in [3.63, 3.8) is 0 Å². The van der Waals surface area contributed by atoms with Gasteiger partial charge < -0.3 is 5.32 Å². The van der Waals surface area contributed by atoms with Crippen molar-refractivity contribution >= 4 is 5.91 Å². The maximum Gasteiger partial charge on any atom is 0.225 e. The summed E-state index contributed by atoms with van der Waals surface area (Å²) in [6, 6.07) is 10.6. The zero-order chi connectivity index (χ0) is 12.9. The van der Waals surface area contributed by atoms with Crippen molar-refractivity contribution in [2.24, 2.45) is 5.41 Å². The van der Waals surface area contributed by atoms with Crippen LogP contribution in [0.3, 0.4) is 0 Å². The number of hydrogen-bond donors (Lipinski definition) is 1. The number of benzene rings is 1. The van der Waals surface area contributed by atoms with Crippen LogP contribution in [0.5, 0.6) is 0 Å². The maximum atomic E-state index is 11.8. The summed E-state index contributed by atoms with van der Waals surface area (Å²) in [4.78, 5) is 11.8. The first-order valence-corrected chi connectivity index (χ1v) is 6.24. The second-order valence-electron chi connectivity index (χ2n) is 5.65. The second-order valence-corrected chi connectivity index (χ2v) is 5.65. The van der Waals surface area contributed by atoms with Crippen LogP contribution >= 0.6 is 0 Å². The van der Waals surface area contributed by atoms with Crippen molar-refractivity contribution in [3.8, 4) is 0 Å². The van der Waals surface area contributed by atoms with E-state index in [2.05, 4.69) is 24.4 Å². The molecule has 0 heterocycles. The largest absolute Gasteiger partial charge is 0.353 e. The molecule has 1 rings (SSSR count). The number of aryl methyl sites for hydroxylation is 1. The number of amides is 1. The van der Waals surface area contributed by atoms with Crippen LogP contribution in [0, 0.1) is 5.41 Å². The molecule has 2 heteroatoms. The minimum atomic E-state index is -0.305. The van der Waals surface area contributed by atoms with Gasteiger partial charge in [0, 0.05) is 11.5 Å². The summed E-state index contributed by atoms with van der Waals surface area (Å²) >= 11 is 0. The van der Waals surface area contributed by atoms with Crippen LogP contribution in [0.2, 0.25) is 0 Å². The van der Waals surface area contributed by atoms with Gasteiger partial charge in [-0.05, 0) is 25.3 Å². The van der Waals surface area contributed by atoms with Crippen molar-refractivity contribution in [3.05, 3.63) is 35.9 Å². The molecule has 1 atom stereocenters. The van der Waals surface area contributed by atoms with Crippen molar-refractivity contribution < 1.29 is 4.79 Å². The van der Waals surface area contributed by atoms with Gasteiger partial charge in [-0.15, -0.1) is 0 Å². The molecule has 0 aromatic heterocycles. The predicted octanol–water partition coefficient (Wildman–Crippen LogP) is 3.17. The molecule has 1 aromatic rings. The third kappa shape index (κ3) is 5.03. The van der Waals surface area contributed by atoms with Gasteiger partial charge in [-0.3, -0.25) is 4.79 Å². The van der Waals surface area contributed by atoms with E-state index in [9.17, 15) is 4.79 Å². The summed E-state index contributed by atoms with van der Waals surface area (Å²) in [6.07, 6.45) is 1.98. The van der Waals surface area contributed by atoms with Crippen molar-refractivity contribution in [1.82, 2.24) is 5.32 Å². The van der Waals surface area contributed by atoms with E-state index < -0.39 is 0 Å². The molecular weight excluding hydrogens is 210 g/mol. The number of hydrogen-bond acceptors (Lipinski definition) is 1. The van der Waals surface area contributed by atoms with Crippen LogP contribution in [0.25, 0.3) is 0 Å². The third-order valence-corrected chi connectivity index (χ3v) is 2.77. The lowest BCUT2D eigenvalue weighted by Gasteiger charge is -2.21. The van der Waals surface area contributed by atoms with E-state index in [-0.39, 0.29) is 17.4 Å². The summed E-state index contributed by atoms with van der Waals surface area (Å²) in [5.74, 6) is 0.123. The predicted molar refractivity (Wildman–Crippen MR) is 71.8 cm³/mol. The average Bonchev–Trinajstić information content (AvgIpc) is 2.26. The van der Waals surface area contributed by atoms with Crippen molar-refractivity contribution in [2.75, 3.05) is 0 Å². The SMILES string of the molecule is C[C@@H](CCc1ccccc1)NC(=O)C(C)(C)C. The highest BCUT2D eigenvalue weighted by atomic mass is 16.2. The van der Waals surface area contributed by atoms with Gasteiger partial charge in [0.05, 0.1) is 0 Å². The lowest BCUT2D eigenvalue weighted by molar-refractivity contribution is -0.129. The Balaban J connectivity index is 2.36. The van der Waals surface area contributed by atoms with E-state index in [4.69, 9.17) is 0 Å². The normalized spacial score (nSPS) is 13.2. The molecule has 2 nitrogen and oxygen atoms in total. The lowest BCUT2D eigenvalue weighted by atomic mass is 9.95. The van der Waals surface area contributed by atoms with E-state index in [0.717, 1.165) is 12.8 Å². The molecule has 0 spiro atoms. The molecular formula is C15H23NO. The highest BCUT2D eigenvalue weighted by Gasteiger charge is 2.22. The molecule has 0 saturated heterocycles. The average molecular weight is 233 g/mol. The van der Waals surface area contributed by atoms with Crippen LogP contribution < -0.4 is 5.32 Å². The van der Waals surface area contributed by atoms with Crippen LogP contribution in [0.1, 0.15) is 39.7 Å². The molecule has 17 heavy (non-hydrogen) atoms. The van der Waals surface area contributed by atoms with Crippen molar-refractivity contribution in [2.45, 2.75) is 46.6 Å². The first kappa shape index (κ1) is 13.8. The Morgan fingerprint density at radius 1 is 1.24 bits per heavy atom. The summed E-state index contributed by atoms with van der Waals surface area (Å²) < 4.78 is 0. The number of rotatable bonds is 4. The van der Waals surface area contributed by atoms with E-state index in [1.165, 1.54) is 5.56 Å². The topological polar surface area (TPSA) is 29.1 Å². The van der Waals surface area contributed by atoms with E-state index >= 15 is 0 Å². The van der Waals surface area contributed by atoms with Crippen LogP contribution in [-0.4, -0.2) is 11.9 Å². The van der Waals surface area contributed by atoms with Gasteiger partial charge in [-0.2, -0.15) is 0 Å². The number of carbonyl (C=O) groups excluding carboxylic acids is 1. The molecule has 0 radical (unpaired) electrons. The first-order valence-electron chi connectivity index (χ1n) is 6.24. The molecule has 0 aliphatic heterocycles. The fourth-order valence-electron chi connectivity index (χ4n) is 1.54. The second kappa shape index (κ2) is 5.85. The van der Waals surface area contributed by atoms with Gasteiger partial charge in [0.2, 0.25) is 5.91 Å². The third-order valence-electron chi connectivity index (χ3n) is 2.77. The van der Waals surface area contributed by atoms with Gasteiger partial charge in [0.25, 0.3) is 0 Å². The smallest absolute Gasteiger partial charge is 0.225 e. The van der Waals surface area contributed by atoms with E-state index in [1.807, 2.05) is 39.0 Å². The molecule has 0 saturated carbocycles. The van der Waals surface area contributed by atoms with E-state index in [0.29, 0.717) is 0 Å². The Labute approximate surface area is 104 Å². The van der Waals surface area contributed by atoms with Gasteiger partial charge >= 0.3 is 0 Å². The zero-order valence-corrected chi connectivity index (χ0v) is 11.3.